The van der Waals surface area contributed by atoms with Crippen LogP contribution in [-0.4, -0.2) is 38.1 Å². The zero-order valence-electron chi connectivity index (χ0n) is 8.10. The first-order chi connectivity index (χ1) is 6.20. The quantitative estimate of drug-likeness (QED) is 0.634. The predicted octanol–water partition coefficient (Wildman–Crippen LogP) is 0.845. The van der Waals surface area contributed by atoms with Gasteiger partial charge in [0.05, 0.1) is 0 Å². The Kier molecular flexibility index (Phi) is 7.93. The summed E-state index contributed by atoms with van der Waals surface area (Å²) in [6.07, 6.45) is 0.883. The fourth-order valence-electron chi connectivity index (χ4n) is 0.802. The first-order valence-electron chi connectivity index (χ1n) is 4.30. The zero-order chi connectivity index (χ0) is 10.1. The van der Waals surface area contributed by atoms with Gasteiger partial charge in [-0.15, -0.1) is 0 Å². The molecule has 3 nitrogen and oxygen atoms in total. The van der Waals surface area contributed by atoms with E-state index in [4.69, 9.17) is 17.0 Å². The number of nitrogens with one attached hydrogen (secondary N) is 2. The maximum Gasteiger partial charge on any atom is 0.166 e. The monoisotopic (exact) mass is 208 g/mol. The lowest BCUT2D eigenvalue weighted by atomic mass is 10.2. The molecule has 0 amide bonds. The van der Waals surface area contributed by atoms with E-state index in [0.29, 0.717) is 11.7 Å². The summed E-state index contributed by atoms with van der Waals surface area (Å²) < 4.78 is 16.6. The molecule has 0 aliphatic carbocycles. The lowest BCUT2D eigenvalue weighted by molar-refractivity contribution is 0.187. The van der Waals surface area contributed by atoms with Crippen molar-refractivity contribution in [2.24, 2.45) is 0 Å². The van der Waals surface area contributed by atoms with Gasteiger partial charge in [-0.05, 0) is 25.6 Å². The fraction of sp³-hybridized carbons (Fsp3) is 0.875. The molecule has 0 aromatic rings. The minimum absolute atomic E-state index is 0.250. The summed E-state index contributed by atoms with van der Waals surface area (Å²) in [7, 11) is 1.66. The third-order valence-electron chi connectivity index (χ3n) is 1.51. The molecular formula is C8H17FN2OS. The van der Waals surface area contributed by atoms with Crippen LogP contribution in [0.1, 0.15) is 13.3 Å². The molecule has 0 bridgehead atoms. The summed E-state index contributed by atoms with van der Waals surface area (Å²) in [6.45, 7) is 2.56. The Hall–Kier alpha value is -0.420. The van der Waals surface area contributed by atoms with Crippen molar-refractivity contribution in [2.45, 2.75) is 19.4 Å². The lowest BCUT2D eigenvalue weighted by Crippen LogP contribution is -2.41. The molecule has 0 aromatic carbocycles. The van der Waals surface area contributed by atoms with Crippen LogP contribution in [0.25, 0.3) is 0 Å². The SMILES string of the molecule is COCCC(C)NC(=S)NCCF. The maximum absolute atomic E-state index is 11.7. The van der Waals surface area contributed by atoms with Gasteiger partial charge in [-0.25, -0.2) is 4.39 Å². The number of thiocarbonyl (C=S) groups is 1. The largest absolute Gasteiger partial charge is 0.385 e. The normalized spacial score (nSPS) is 12.2. The Bertz CT molecular complexity index is 146. The van der Waals surface area contributed by atoms with Crippen LogP contribution < -0.4 is 10.6 Å². The first-order valence-corrected chi connectivity index (χ1v) is 4.70. The van der Waals surface area contributed by atoms with Gasteiger partial charge in [0.1, 0.15) is 6.67 Å². The number of methoxy groups -OCH3 is 1. The third kappa shape index (κ3) is 7.93. The zero-order valence-corrected chi connectivity index (χ0v) is 8.92. The summed E-state index contributed by atoms with van der Waals surface area (Å²) >= 11 is 4.92. The van der Waals surface area contributed by atoms with E-state index in [0.717, 1.165) is 6.42 Å². The molecule has 0 aliphatic rings. The van der Waals surface area contributed by atoms with E-state index in [2.05, 4.69) is 10.6 Å². The molecule has 5 heteroatoms. The highest BCUT2D eigenvalue weighted by molar-refractivity contribution is 7.80. The van der Waals surface area contributed by atoms with Gasteiger partial charge in [-0.3, -0.25) is 0 Å². The average molecular weight is 208 g/mol. The van der Waals surface area contributed by atoms with Crippen LogP contribution in [0.3, 0.4) is 0 Å². The van der Waals surface area contributed by atoms with Crippen molar-refractivity contribution in [3.63, 3.8) is 0 Å². The van der Waals surface area contributed by atoms with Gasteiger partial charge in [-0.2, -0.15) is 0 Å². The molecule has 2 N–H and O–H groups in total. The van der Waals surface area contributed by atoms with Crippen LogP contribution in [0.4, 0.5) is 4.39 Å². The predicted molar refractivity (Wildman–Crippen MR) is 55.7 cm³/mol. The van der Waals surface area contributed by atoms with Crippen molar-refractivity contribution in [3.8, 4) is 0 Å². The van der Waals surface area contributed by atoms with Gasteiger partial charge >= 0.3 is 0 Å². The van der Waals surface area contributed by atoms with Gasteiger partial charge in [0.15, 0.2) is 5.11 Å². The smallest absolute Gasteiger partial charge is 0.166 e. The van der Waals surface area contributed by atoms with Gasteiger partial charge in [0, 0.05) is 26.3 Å². The second-order valence-corrected chi connectivity index (χ2v) is 3.18. The summed E-state index contributed by atoms with van der Waals surface area (Å²) in [5.74, 6) is 0. The minimum atomic E-state index is -0.408. The van der Waals surface area contributed by atoms with E-state index in [9.17, 15) is 4.39 Å². The average Bonchev–Trinajstić information content (AvgIpc) is 2.11. The first kappa shape index (κ1) is 12.6. The van der Waals surface area contributed by atoms with E-state index in [1.54, 1.807) is 7.11 Å². The van der Waals surface area contributed by atoms with Gasteiger partial charge in [-0.1, -0.05) is 0 Å². The van der Waals surface area contributed by atoms with Crippen LogP contribution in [0.5, 0.6) is 0 Å². The molecular weight excluding hydrogens is 191 g/mol. The van der Waals surface area contributed by atoms with Crippen LogP contribution in [-0.2, 0) is 4.74 Å². The minimum Gasteiger partial charge on any atom is -0.385 e. The lowest BCUT2D eigenvalue weighted by Gasteiger charge is -2.15. The van der Waals surface area contributed by atoms with Crippen molar-refractivity contribution < 1.29 is 9.13 Å². The molecule has 0 heterocycles. The number of alkyl halides is 1. The van der Waals surface area contributed by atoms with Gasteiger partial charge in [0.2, 0.25) is 0 Å². The molecule has 0 saturated carbocycles. The molecule has 0 radical (unpaired) electrons. The number of ether oxygens (including phenoxy) is 1. The summed E-state index contributed by atoms with van der Waals surface area (Å²) in [4.78, 5) is 0. The number of rotatable bonds is 6. The summed E-state index contributed by atoms with van der Waals surface area (Å²) in [6, 6.07) is 0.250. The molecule has 13 heavy (non-hydrogen) atoms. The Morgan fingerprint density at radius 1 is 1.62 bits per heavy atom. The van der Waals surface area contributed by atoms with Crippen LogP contribution in [0, 0.1) is 0 Å². The summed E-state index contributed by atoms with van der Waals surface area (Å²) in [5, 5.41) is 6.27. The van der Waals surface area contributed by atoms with E-state index in [1.165, 1.54) is 0 Å². The molecule has 0 fully saturated rings. The maximum atomic E-state index is 11.7. The second-order valence-electron chi connectivity index (χ2n) is 2.77. The molecule has 0 aliphatic heterocycles. The molecule has 78 valence electrons. The Morgan fingerprint density at radius 2 is 2.31 bits per heavy atom. The molecule has 0 saturated heterocycles. The van der Waals surface area contributed by atoms with Crippen LogP contribution in [0.15, 0.2) is 0 Å². The topological polar surface area (TPSA) is 33.3 Å². The van der Waals surface area contributed by atoms with Crippen molar-refractivity contribution in [1.29, 1.82) is 0 Å². The van der Waals surface area contributed by atoms with Crippen molar-refractivity contribution in [1.82, 2.24) is 10.6 Å². The van der Waals surface area contributed by atoms with E-state index in [1.807, 2.05) is 6.92 Å². The van der Waals surface area contributed by atoms with Gasteiger partial charge in [0.25, 0.3) is 0 Å². The molecule has 0 rings (SSSR count). The molecule has 0 aromatic heterocycles. The van der Waals surface area contributed by atoms with Crippen LogP contribution >= 0.6 is 12.2 Å². The molecule has 1 unspecified atom stereocenters. The molecule has 0 spiro atoms. The highest BCUT2D eigenvalue weighted by Crippen LogP contribution is 1.90. The second kappa shape index (κ2) is 8.19. The van der Waals surface area contributed by atoms with Gasteiger partial charge < -0.3 is 15.4 Å². The van der Waals surface area contributed by atoms with Crippen LogP contribution in [0.2, 0.25) is 0 Å². The van der Waals surface area contributed by atoms with E-state index >= 15 is 0 Å². The number of hydrogen-bond donors (Lipinski definition) is 2. The van der Waals surface area contributed by atoms with Crippen molar-refractivity contribution >= 4 is 17.3 Å². The third-order valence-corrected chi connectivity index (χ3v) is 1.77. The highest BCUT2D eigenvalue weighted by atomic mass is 32.1. The van der Waals surface area contributed by atoms with Crippen molar-refractivity contribution in [3.05, 3.63) is 0 Å². The van der Waals surface area contributed by atoms with E-state index < -0.39 is 6.67 Å². The Morgan fingerprint density at radius 3 is 2.85 bits per heavy atom. The number of halogens is 1. The Balaban J connectivity index is 3.41. The highest BCUT2D eigenvalue weighted by Gasteiger charge is 2.02. The summed E-state index contributed by atoms with van der Waals surface area (Å²) in [5.41, 5.74) is 0. The Labute approximate surface area is 84.0 Å². The standard InChI is InChI=1S/C8H17FN2OS/c1-7(3-6-12-2)11-8(13)10-5-4-9/h7H,3-6H2,1-2H3,(H2,10,11,13). The number of hydrogen-bond acceptors (Lipinski definition) is 2. The molecule has 1 atom stereocenters. The van der Waals surface area contributed by atoms with Crippen molar-refractivity contribution in [2.75, 3.05) is 26.9 Å². The van der Waals surface area contributed by atoms with E-state index in [-0.39, 0.29) is 12.6 Å². The fourth-order valence-corrected chi connectivity index (χ4v) is 1.11.